The number of aromatic nitrogens is 2. The van der Waals surface area contributed by atoms with Gasteiger partial charge in [0.25, 0.3) is 5.56 Å². The van der Waals surface area contributed by atoms with Crippen molar-refractivity contribution in [2.75, 3.05) is 5.73 Å². The summed E-state index contributed by atoms with van der Waals surface area (Å²) in [5, 5.41) is 0. The van der Waals surface area contributed by atoms with Crippen LogP contribution in [-0.2, 0) is 6.42 Å². The van der Waals surface area contributed by atoms with Gasteiger partial charge in [-0.05, 0) is 23.8 Å². The molecular formula is C15H13N3O. The third-order valence-corrected chi connectivity index (χ3v) is 3.08. The van der Waals surface area contributed by atoms with Crippen LogP contribution in [0.4, 0.5) is 5.69 Å². The minimum atomic E-state index is -0.165. The standard InChI is InChI=1S/C15H13N3O/c16-11-6-2-1-5-10(11)9-14-15(19)18-13-8-4-3-7-12(13)17-14/h1-8H,9,16H2,(H,18,19). The van der Waals surface area contributed by atoms with Crippen molar-refractivity contribution in [2.24, 2.45) is 0 Å². The molecule has 1 aromatic heterocycles. The number of nitrogens with two attached hydrogens (primary N) is 1. The molecule has 0 aliphatic carbocycles. The van der Waals surface area contributed by atoms with E-state index in [1.807, 2.05) is 48.5 Å². The Labute approximate surface area is 109 Å². The van der Waals surface area contributed by atoms with E-state index in [1.165, 1.54) is 0 Å². The third-order valence-electron chi connectivity index (χ3n) is 3.08. The Balaban J connectivity index is 2.08. The second kappa shape index (κ2) is 4.57. The van der Waals surface area contributed by atoms with Crippen LogP contribution >= 0.6 is 0 Å². The molecule has 19 heavy (non-hydrogen) atoms. The molecule has 94 valence electrons. The van der Waals surface area contributed by atoms with Gasteiger partial charge in [0, 0.05) is 12.1 Å². The summed E-state index contributed by atoms with van der Waals surface area (Å²) in [5.41, 5.74) is 9.33. The number of rotatable bonds is 2. The molecule has 0 aliphatic heterocycles. The third kappa shape index (κ3) is 2.20. The number of fused-ring (bicyclic) bond motifs is 1. The van der Waals surface area contributed by atoms with Crippen LogP contribution in [-0.4, -0.2) is 9.97 Å². The van der Waals surface area contributed by atoms with Crippen LogP contribution < -0.4 is 11.3 Å². The molecule has 1 heterocycles. The van der Waals surface area contributed by atoms with E-state index in [9.17, 15) is 4.79 Å². The molecule has 0 atom stereocenters. The van der Waals surface area contributed by atoms with Crippen LogP contribution in [0.1, 0.15) is 11.3 Å². The molecule has 0 radical (unpaired) electrons. The number of aromatic amines is 1. The summed E-state index contributed by atoms with van der Waals surface area (Å²) in [5.74, 6) is 0. The van der Waals surface area contributed by atoms with Gasteiger partial charge in [-0.25, -0.2) is 4.98 Å². The molecule has 3 aromatic rings. The van der Waals surface area contributed by atoms with E-state index in [-0.39, 0.29) is 5.56 Å². The van der Waals surface area contributed by atoms with Gasteiger partial charge >= 0.3 is 0 Å². The first-order chi connectivity index (χ1) is 9.24. The maximum Gasteiger partial charge on any atom is 0.270 e. The molecule has 0 bridgehead atoms. The Hall–Kier alpha value is -2.62. The van der Waals surface area contributed by atoms with E-state index in [0.717, 1.165) is 16.6 Å². The summed E-state index contributed by atoms with van der Waals surface area (Å²) in [4.78, 5) is 19.2. The highest BCUT2D eigenvalue weighted by atomic mass is 16.1. The lowest BCUT2D eigenvalue weighted by Gasteiger charge is -2.05. The number of anilines is 1. The number of hydrogen-bond donors (Lipinski definition) is 2. The van der Waals surface area contributed by atoms with Gasteiger partial charge in [0.1, 0.15) is 5.69 Å². The molecule has 3 rings (SSSR count). The van der Waals surface area contributed by atoms with Gasteiger partial charge in [0.15, 0.2) is 0 Å². The van der Waals surface area contributed by atoms with Crippen molar-refractivity contribution in [1.29, 1.82) is 0 Å². The predicted octanol–water partition coefficient (Wildman–Crippen LogP) is 2.10. The first-order valence-electron chi connectivity index (χ1n) is 6.05. The molecule has 0 fully saturated rings. The average molecular weight is 251 g/mol. The quantitative estimate of drug-likeness (QED) is 0.685. The van der Waals surface area contributed by atoms with Gasteiger partial charge in [-0.3, -0.25) is 4.79 Å². The van der Waals surface area contributed by atoms with Crippen molar-refractivity contribution in [3.8, 4) is 0 Å². The van der Waals surface area contributed by atoms with Gasteiger partial charge in [-0.2, -0.15) is 0 Å². The van der Waals surface area contributed by atoms with Crippen LogP contribution in [0, 0.1) is 0 Å². The molecule has 0 amide bonds. The van der Waals surface area contributed by atoms with Gasteiger partial charge in [-0.1, -0.05) is 30.3 Å². The fourth-order valence-electron chi connectivity index (χ4n) is 2.06. The summed E-state index contributed by atoms with van der Waals surface area (Å²) < 4.78 is 0. The van der Waals surface area contributed by atoms with Gasteiger partial charge < -0.3 is 10.7 Å². The topological polar surface area (TPSA) is 71.8 Å². The normalized spacial score (nSPS) is 10.7. The van der Waals surface area contributed by atoms with Gasteiger partial charge in [0.2, 0.25) is 0 Å². The van der Waals surface area contributed by atoms with Crippen LogP contribution in [0.15, 0.2) is 53.3 Å². The van der Waals surface area contributed by atoms with Crippen molar-refractivity contribution in [3.05, 3.63) is 70.1 Å². The second-order valence-electron chi connectivity index (χ2n) is 4.41. The Bertz CT molecular complexity index is 792. The molecular weight excluding hydrogens is 238 g/mol. The Morgan fingerprint density at radius 2 is 1.79 bits per heavy atom. The fraction of sp³-hybridized carbons (Fsp3) is 0.0667. The molecule has 2 aromatic carbocycles. The molecule has 3 N–H and O–H groups in total. The van der Waals surface area contributed by atoms with Gasteiger partial charge in [0.05, 0.1) is 11.0 Å². The maximum absolute atomic E-state index is 12.0. The molecule has 4 heteroatoms. The number of nitrogens with one attached hydrogen (secondary N) is 1. The number of hydrogen-bond acceptors (Lipinski definition) is 3. The highest BCUT2D eigenvalue weighted by Gasteiger charge is 2.07. The number of H-pyrrole nitrogens is 1. The van der Waals surface area contributed by atoms with E-state index in [0.29, 0.717) is 17.8 Å². The van der Waals surface area contributed by atoms with E-state index in [4.69, 9.17) is 5.73 Å². The van der Waals surface area contributed by atoms with Crippen molar-refractivity contribution >= 4 is 16.7 Å². The monoisotopic (exact) mass is 251 g/mol. The minimum absolute atomic E-state index is 0.165. The number of nitrogen functional groups attached to an aromatic ring is 1. The first kappa shape index (κ1) is 11.5. The van der Waals surface area contributed by atoms with Crippen molar-refractivity contribution in [1.82, 2.24) is 9.97 Å². The van der Waals surface area contributed by atoms with E-state index in [1.54, 1.807) is 0 Å². The molecule has 0 unspecified atom stereocenters. The smallest absolute Gasteiger partial charge is 0.270 e. The highest BCUT2D eigenvalue weighted by Crippen LogP contribution is 2.14. The number of benzene rings is 2. The summed E-state index contributed by atoms with van der Waals surface area (Å²) in [7, 11) is 0. The largest absolute Gasteiger partial charge is 0.398 e. The molecule has 0 aliphatic rings. The molecule has 4 nitrogen and oxygen atoms in total. The zero-order chi connectivity index (χ0) is 13.2. The van der Waals surface area contributed by atoms with E-state index >= 15 is 0 Å². The Kier molecular flexibility index (Phi) is 2.76. The maximum atomic E-state index is 12.0. The van der Waals surface area contributed by atoms with Crippen molar-refractivity contribution < 1.29 is 0 Å². The summed E-state index contributed by atoms with van der Waals surface area (Å²) in [6.45, 7) is 0. The zero-order valence-electron chi connectivity index (χ0n) is 10.3. The summed E-state index contributed by atoms with van der Waals surface area (Å²) in [6, 6.07) is 15.0. The van der Waals surface area contributed by atoms with Crippen LogP contribution in [0.25, 0.3) is 11.0 Å². The lowest BCUT2D eigenvalue weighted by atomic mass is 10.1. The Morgan fingerprint density at radius 3 is 2.63 bits per heavy atom. The lowest BCUT2D eigenvalue weighted by molar-refractivity contribution is 1.03. The van der Waals surface area contributed by atoms with Gasteiger partial charge in [-0.15, -0.1) is 0 Å². The minimum Gasteiger partial charge on any atom is -0.398 e. The first-order valence-corrected chi connectivity index (χ1v) is 6.05. The molecule has 0 spiro atoms. The second-order valence-corrected chi connectivity index (χ2v) is 4.41. The fourth-order valence-corrected chi connectivity index (χ4v) is 2.06. The predicted molar refractivity (Wildman–Crippen MR) is 76.0 cm³/mol. The van der Waals surface area contributed by atoms with E-state index < -0.39 is 0 Å². The van der Waals surface area contributed by atoms with E-state index in [2.05, 4.69) is 9.97 Å². The van der Waals surface area contributed by atoms with Crippen molar-refractivity contribution in [3.63, 3.8) is 0 Å². The number of para-hydroxylation sites is 3. The summed E-state index contributed by atoms with van der Waals surface area (Å²) in [6.07, 6.45) is 0.437. The highest BCUT2D eigenvalue weighted by molar-refractivity contribution is 5.73. The molecule has 0 saturated heterocycles. The van der Waals surface area contributed by atoms with Crippen LogP contribution in [0.5, 0.6) is 0 Å². The van der Waals surface area contributed by atoms with Crippen LogP contribution in [0.2, 0.25) is 0 Å². The summed E-state index contributed by atoms with van der Waals surface area (Å²) >= 11 is 0. The lowest BCUT2D eigenvalue weighted by Crippen LogP contribution is -2.16. The zero-order valence-corrected chi connectivity index (χ0v) is 10.3. The Morgan fingerprint density at radius 1 is 1.05 bits per heavy atom. The average Bonchev–Trinajstić information content (AvgIpc) is 2.42. The van der Waals surface area contributed by atoms with Crippen LogP contribution in [0.3, 0.4) is 0 Å². The molecule has 0 saturated carbocycles. The SMILES string of the molecule is Nc1ccccc1Cc1nc2ccccc2[nH]c1=O. The number of nitrogens with zero attached hydrogens (tertiary/aromatic N) is 1. The van der Waals surface area contributed by atoms with Crippen molar-refractivity contribution in [2.45, 2.75) is 6.42 Å².